The lowest BCUT2D eigenvalue weighted by atomic mass is 9.99. The van der Waals surface area contributed by atoms with Crippen molar-refractivity contribution in [2.75, 3.05) is 42.7 Å². The van der Waals surface area contributed by atoms with Crippen molar-refractivity contribution in [3.63, 3.8) is 0 Å². The van der Waals surface area contributed by atoms with Crippen LogP contribution >= 0.6 is 0 Å². The smallest absolute Gasteiger partial charge is 0.323 e. The summed E-state index contributed by atoms with van der Waals surface area (Å²) in [5.74, 6) is -0.673. The molecule has 0 spiro atoms. The number of aliphatic hydroxyl groups is 1. The molecule has 3 aromatic rings. The molecule has 4 rings (SSSR count). The van der Waals surface area contributed by atoms with Crippen LogP contribution in [0.5, 0.6) is 5.75 Å². The van der Waals surface area contributed by atoms with Crippen LogP contribution in [0.2, 0.25) is 0 Å². The highest BCUT2D eigenvalue weighted by atomic mass is 19.1. The molecule has 1 aliphatic heterocycles. The molecule has 0 aromatic heterocycles. The monoisotopic (exact) mass is 563 g/mol. The number of fused-ring (bicyclic) bond motifs is 1. The van der Waals surface area contributed by atoms with Crippen LogP contribution in [0, 0.1) is 11.7 Å². The third-order valence-corrected chi connectivity index (χ3v) is 6.85. The molecule has 216 valence electrons. The summed E-state index contributed by atoms with van der Waals surface area (Å²) in [7, 11) is 1.67. The number of nitrogens with one attached hydrogen (secondary N) is 3. The number of urea groups is 2. The fraction of sp³-hybridized carbons (Fsp3) is 0.300. The minimum atomic E-state index is -0.575. The molecular weight excluding hydrogens is 529 g/mol. The largest absolute Gasteiger partial charge is 0.487 e. The van der Waals surface area contributed by atoms with Crippen LogP contribution in [0.4, 0.5) is 31.0 Å². The van der Waals surface area contributed by atoms with Gasteiger partial charge in [-0.2, -0.15) is 0 Å². The Kier molecular flexibility index (Phi) is 9.41. The number of aliphatic hydroxyl groups excluding tert-OH is 1. The Morgan fingerprint density at radius 1 is 1.02 bits per heavy atom. The SMILES string of the molecule is C[C@H](CO)N1C[C@H](C)[C@H](CN(C)C(=O)Nc2ccccc2)Oc2ccc(NC(=O)Nc3ccc(F)cc3)cc2C1=O. The van der Waals surface area contributed by atoms with Gasteiger partial charge in [-0.25, -0.2) is 14.0 Å². The molecule has 41 heavy (non-hydrogen) atoms. The summed E-state index contributed by atoms with van der Waals surface area (Å²) < 4.78 is 19.5. The van der Waals surface area contributed by atoms with Crippen LogP contribution in [0.3, 0.4) is 0 Å². The number of amides is 5. The molecule has 4 N–H and O–H groups in total. The number of para-hydroxylation sites is 1. The van der Waals surface area contributed by atoms with E-state index in [-0.39, 0.29) is 43.1 Å². The van der Waals surface area contributed by atoms with Crippen molar-refractivity contribution in [2.24, 2.45) is 5.92 Å². The Morgan fingerprint density at radius 2 is 1.66 bits per heavy atom. The number of likely N-dealkylation sites (N-methyl/N-ethyl adjacent to an activating group) is 1. The number of halogens is 1. The molecule has 0 saturated heterocycles. The molecule has 0 radical (unpaired) electrons. The highest BCUT2D eigenvalue weighted by Gasteiger charge is 2.34. The fourth-order valence-corrected chi connectivity index (χ4v) is 4.44. The maximum Gasteiger partial charge on any atom is 0.323 e. The zero-order valence-corrected chi connectivity index (χ0v) is 23.1. The van der Waals surface area contributed by atoms with E-state index in [1.165, 1.54) is 35.2 Å². The van der Waals surface area contributed by atoms with Gasteiger partial charge in [-0.05, 0) is 61.5 Å². The second-order valence-corrected chi connectivity index (χ2v) is 10.1. The van der Waals surface area contributed by atoms with Crippen LogP contribution < -0.4 is 20.7 Å². The van der Waals surface area contributed by atoms with Gasteiger partial charge in [0.05, 0.1) is 24.8 Å². The molecule has 1 heterocycles. The molecule has 0 fully saturated rings. The van der Waals surface area contributed by atoms with Crippen molar-refractivity contribution in [1.29, 1.82) is 0 Å². The Balaban J connectivity index is 1.55. The van der Waals surface area contributed by atoms with E-state index in [9.17, 15) is 23.9 Å². The van der Waals surface area contributed by atoms with Crippen molar-refractivity contribution >= 4 is 35.0 Å². The lowest BCUT2D eigenvalue weighted by molar-refractivity contribution is 0.0371. The van der Waals surface area contributed by atoms with Gasteiger partial charge in [0.1, 0.15) is 17.7 Å². The molecule has 0 bridgehead atoms. The molecule has 3 atom stereocenters. The number of ether oxygens (including phenoxy) is 1. The lowest BCUT2D eigenvalue weighted by Gasteiger charge is -2.38. The van der Waals surface area contributed by atoms with Gasteiger partial charge in [-0.15, -0.1) is 0 Å². The maximum absolute atomic E-state index is 13.6. The number of carbonyl (C=O) groups excluding carboxylic acids is 3. The first-order valence-corrected chi connectivity index (χ1v) is 13.3. The van der Waals surface area contributed by atoms with E-state index in [1.807, 2.05) is 25.1 Å². The quantitative estimate of drug-likeness (QED) is 0.327. The van der Waals surface area contributed by atoms with E-state index < -0.39 is 24.0 Å². The second kappa shape index (κ2) is 13.1. The minimum absolute atomic E-state index is 0.188. The topological polar surface area (TPSA) is 123 Å². The number of rotatable bonds is 7. The van der Waals surface area contributed by atoms with Crippen molar-refractivity contribution in [3.8, 4) is 5.75 Å². The Morgan fingerprint density at radius 3 is 2.34 bits per heavy atom. The summed E-state index contributed by atoms with van der Waals surface area (Å²) in [5.41, 5.74) is 1.60. The number of hydrogen-bond acceptors (Lipinski definition) is 5. The summed E-state index contributed by atoms with van der Waals surface area (Å²) in [6.07, 6.45) is -0.484. The summed E-state index contributed by atoms with van der Waals surface area (Å²) in [5, 5.41) is 18.0. The normalized spacial score (nSPS) is 17.3. The zero-order chi connectivity index (χ0) is 29.5. The molecule has 0 unspecified atom stereocenters. The van der Waals surface area contributed by atoms with E-state index in [4.69, 9.17) is 4.74 Å². The van der Waals surface area contributed by atoms with E-state index in [0.717, 1.165) is 0 Å². The van der Waals surface area contributed by atoms with Gasteiger partial charge in [-0.1, -0.05) is 25.1 Å². The lowest BCUT2D eigenvalue weighted by Crippen LogP contribution is -2.50. The summed E-state index contributed by atoms with van der Waals surface area (Å²) in [6, 6.07) is 17.8. The fourth-order valence-electron chi connectivity index (χ4n) is 4.44. The van der Waals surface area contributed by atoms with Gasteiger partial charge < -0.3 is 35.6 Å². The summed E-state index contributed by atoms with van der Waals surface area (Å²) >= 11 is 0. The zero-order valence-electron chi connectivity index (χ0n) is 23.1. The van der Waals surface area contributed by atoms with E-state index in [0.29, 0.717) is 22.8 Å². The Bertz CT molecular complexity index is 1370. The average molecular weight is 564 g/mol. The summed E-state index contributed by atoms with van der Waals surface area (Å²) in [4.78, 5) is 42.1. The molecule has 0 saturated carbocycles. The van der Waals surface area contributed by atoms with Gasteiger partial charge in [0.25, 0.3) is 5.91 Å². The number of anilines is 3. The second-order valence-electron chi connectivity index (χ2n) is 10.1. The third-order valence-electron chi connectivity index (χ3n) is 6.85. The molecule has 3 aromatic carbocycles. The van der Waals surface area contributed by atoms with Crippen LogP contribution in [-0.4, -0.2) is 71.8 Å². The van der Waals surface area contributed by atoms with E-state index >= 15 is 0 Å². The minimum Gasteiger partial charge on any atom is -0.487 e. The number of hydrogen-bond donors (Lipinski definition) is 4. The predicted octanol–water partition coefficient (Wildman–Crippen LogP) is 4.85. The standard InChI is InChI=1S/C30H34FN5O5/c1-19-16-36(20(2)18-37)28(38)25-15-24(33-29(39)32-23-11-9-21(31)10-12-23)13-14-26(25)41-27(19)17-35(3)30(40)34-22-7-5-4-6-8-22/h4-15,19-20,27,37H,16-18H2,1-3H3,(H,34,40)(H2,32,33,39)/t19-,20+,27-/m0/s1. The maximum atomic E-state index is 13.6. The predicted molar refractivity (Wildman–Crippen MR) is 155 cm³/mol. The van der Waals surface area contributed by atoms with Crippen molar-refractivity contribution < 1.29 is 28.6 Å². The van der Waals surface area contributed by atoms with Crippen LogP contribution in [0.1, 0.15) is 24.2 Å². The molecule has 0 aliphatic carbocycles. The van der Waals surface area contributed by atoms with Crippen molar-refractivity contribution in [1.82, 2.24) is 9.80 Å². The molecule has 5 amide bonds. The van der Waals surface area contributed by atoms with E-state index in [1.54, 1.807) is 43.1 Å². The van der Waals surface area contributed by atoms with Gasteiger partial charge in [-0.3, -0.25) is 4.79 Å². The van der Waals surface area contributed by atoms with Gasteiger partial charge >= 0.3 is 12.1 Å². The number of carbonyl (C=O) groups is 3. The number of nitrogens with zero attached hydrogens (tertiary/aromatic N) is 2. The molecular formula is C30H34FN5O5. The van der Waals surface area contributed by atoms with Gasteiger partial charge in [0, 0.05) is 36.6 Å². The first-order chi connectivity index (χ1) is 19.6. The van der Waals surface area contributed by atoms with Crippen LogP contribution in [0.15, 0.2) is 72.8 Å². The highest BCUT2D eigenvalue weighted by Crippen LogP contribution is 2.31. The average Bonchev–Trinajstić information content (AvgIpc) is 2.96. The molecule has 1 aliphatic rings. The van der Waals surface area contributed by atoms with Crippen molar-refractivity contribution in [2.45, 2.75) is 26.0 Å². The van der Waals surface area contributed by atoms with E-state index in [2.05, 4.69) is 16.0 Å². The van der Waals surface area contributed by atoms with Gasteiger partial charge in [0.2, 0.25) is 0 Å². The molecule has 10 nitrogen and oxygen atoms in total. The summed E-state index contributed by atoms with van der Waals surface area (Å²) in [6.45, 7) is 3.95. The first kappa shape index (κ1) is 29.3. The van der Waals surface area contributed by atoms with Crippen LogP contribution in [0.25, 0.3) is 0 Å². The first-order valence-electron chi connectivity index (χ1n) is 13.3. The molecule has 11 heteroatoms. The van der Waals surface area contributed by atoms with Crippen LogP contribution in [-0.2, 0) is 0 Å². The highest BCUT2D eigenvalue weighted by molar-refractivity contribution is 6.02. The van der Waals surface area contributed by atoms with Crippen molar-refractivity contribution in [3.05, 3.63) is 84.2 Å². The third kappa shape index (κ3) is 7.52. The Labute approximate surface area is 238 Å². The number of benzene rings is 3. The van der Waals surface area contributed by atoms with Gasteiger partial charge in [0.15, 0.2) is 0 Å². The Hall–Kier alpha value is -4.64.